The van der Waals surface area contributed by atoms with Crippen LogP contribution in [0.4, 0.5) is 0 Å². The standard InChI is InChI=1S/C16H13ClN4O2/c17-11-2-1-3-12-10(11)6-13(20-12)16(23)21-5-4-9-14(7-21)18-8-19-15(9)22/h1-3,6,8,20H,4-5,7H2,(H,18,19,22). The number of nitrogens with zero attached hydrogens (tertiary/aromatic N) is 2. The van der Waals surface area contributed by atoms with E-state index in [1.165, 1.54) is 6.33 Å². The second kappa shape index (κ2) is 5.24. The van der Waals surface area contributed by atoms with Crippen LogP contribution in [-0.4, -0.2) is 32.3 Å². The van der Waals surface area contributed by atoms with Gasteiger partial charge in [-0.1, -0.05) is 17.7 Å². The van der Waals surface area contributed by atoms with E-state index in [4.69, 9.17) is 11.6 Å². The number of hydrogen-bond acceptors (Lipinski definition) is 3. The Bertz CT molecular complexity index is 976. The van der Waals surface area contributed by atoms with E-state index < -0.39 is 0 Å². The maximum absolute atomic E-state index is 12.7. The van der Waals surface area contributed by atoms with Crippen molar-refractivity contribution >= 4 is 28.4 Å². The van der Waals surface area contributed by atoms with Crippen molar-refractivity contribution < 1.29 is 4.79 Å². The molecule has 23 heavy (non-hydrogen) atoms. The number of halogens is 1. The summed E-state index contributed by atoms with van der Waals surface area (Å²) in [4.78, 5) is 36.0. The molecule has 6 nitrogen and oxygen atoms in total. The number of nitrogens with one attached hydrogen (secondary N) is 2. The van der Waals surface area contributed by atoms with E-state index in [0.717, 1.165) is 10.9 Å². The van der Waals surface area contributed by atoms with E-state index in [9.17, 15) is 9.59 Å². The Morgan fingerprint density at radius 1 is 1.35 bits per heavy atom. The van der Waals surface area contributed by atoms with Crippen LogP contribution in [-0.2, 0) is 13.0 Å². The number of carbonyl (C=O) groups is 1. The smallest absolute Gasteiger partial charge is 0.270 e. The highest BCUT2D eigenvalue weighted by atomic mass is 35.5. The van der Waals surface area contributed by atoms with Crippen LogP contribution in [0.5, 0.6) is 0 Å². The third-order valence-electron chi connectivity index (χ3n) is 4.14. The highest BCUT2D eigenvalue weighted by Crippen LogP contribution is 2.25. The highest BCUT2D eigenvalue weighted by Gasteiger charge is 2.25. The van der Waals surface area contributed by atoms with Crippen LogP contribution < -0.4 is 5.56 Å². The van der Waals surface area contributed by atoms with Gasteiger partial charge < -0.3 is 14.9 Å². The maximum atomic E-state index is 12.7. The first-order chi connectivity index (χ1) is 11.1. The van der Waals surface area contributed by atoms with Gasteiger partial charge in [0.25, 0.3) is 11.5 Å². The second-order valence-electron chi connectivity index (χ2n) is 5.52. The number of benzene rings is 1. The monoisotopic (exact) mass is 328 g/mol. The molecule has 0 spiro atoms. The minimum atomic E-state index is -0.125. The van der Waals surface area contributed by atoms with E-state index >= 15 is 0 Å². The Morgan fingerprint density at radius 3 is 3.04 bits per heavy atom. The SMILES string of the molecule is O=C(c1cc2c(Cl)cccc2[nH]1)N1CCc2c(nc[nH]c2=O)C1. The van der Waals surface area contributed by atoms with Crippen molar-refractivity contribution in [3.8, 4) is 0 Å². The molecule has 2 aromatic heterocycles. The zero-order valence-electron chi connectivity index (χ0n) is 12.1. The van der Waals surface area contributed by atoms with Crippen LogP contribution in [0.2, 0.25) is 5.02 Å². The molecule has 7 heteroatoms. The van der Waals surface area contributed by atoms with Crippen molar-refractivity contribution in [3.63, 3.8) is 0 Å². The average Bonchev–Trinajstić information content (AvgIpc) is 3.00. The molecule has 3 heterocycles. The number of aromatic amines is 2. The van der Waals surface area contributed by atoms with Crippen LogP contribution in [0.3, 0.4) is 0 Å². The van der Waals surface area contributed by atoms with E-state index in [1.807, 2.05) is 12.1 Å². The fraction of sp³-hybridized carbons (Fsp3) is 0.188. The van der Waals surface area contributed by atoms with Gasteiger partial charge in [-0.3, -0.25) is 9.59 Å². The number of carbonyl (C=O) groups excluding carboxylic acids is 1. The lowest BCUT2D eigenvalue weighted by Gasteiger charge is -2.26. The summed E-state index contributed by atoms with van der Waals surface area (Å²) in [5.41, 5.74) is 2.51. The molecule has 0 aliphatic carbocycles. The molecule has 0 fully saturated rings. The van der Waals surface area contributed by atoms with E-state index in [0.29, 0.717) is 41.5 Å². The van der Waals surface area contributed by atoms with E-state index in [2.05, 4.69) is 15.0 Å². The molecule has 116 valence electrons. The van der Waals surface area contributed by atoms with Gasteiger partial charge in [0.05, 0.1) is 18.6 Å². The Labute approximate surface area is 136 Å². The molecule has 0 atom stereocenters. The predicted octanol–water partition coefficient (Wildman–Crippen LogP) is 2.10. The molecular weight excluding hydrogens is 316 g/mol. The summed E-state index contributed by atoms with van der Waals surface area (Å²) in [5.74, 6) is -0.120. The zero-order chi connectivity index (χ0) is 16.0. The molecule has 1 amide bonds. The molecule has 1 aliphatic rings. The third-order valence-corrected chi connectivity index (χ3v) is 4.47. The van der Waals surface area contributed by atoms with Crippen molar-refractivity contribution in [2.45, 2.75) is 13.0 Å². The van der Waals surface area contributed by atoms with Crippen LogP contribution in [0.1, 0.15) is 21.7 Å². The quantitative estimate of drug-likeness (QED) is 0.717. The summed E-state index contributed by atoms with van der Waals surface area (Å²) >= 11 is 6.15. The number of fused-ring (bicyclic) bond motifs is 2. The van der Waals surface area contributed by atoms with Crippen LogP contribution in [0.25, 0.3) is 10.9 Å². The molecule has 1 aromatic carbocycles. The van der Waals surface area contributed by atoms with Crippen molar-refractivity contribution in [2.75, 3.05) is 6.54 Å². The number of H-pyrrole nitrogens is 2. The lowest BCUT2D eigenvalue weighted by atomic mass is 10.1. The lowest BCUT2D eigenvalue weighted by molar-refractivity contribution is 0.0726. The number of rotatable bonds is 1. The van der Waals surface area contributed by atoms with Crippen LogP contribution in [0.15, 0.2) is 35.4 Å². The van der Waals surface area contributed by atoms with Gasteiger partial charge >= 0.3 is 0 Å². The lowest BCUT2D eigenvalue weighted by Crippen LogP contribution is -2.39. The van der Waals surface area contributed by atoms with Crippen LogP contribution in [0, 0.1) is 0 Å². The van der Waals surface area contributed by atoms with Gasteiger partial charge in [-0.25, -0.2) is 4.98 Å². The summed E-state index contributed by atoms with van der Waals surface area (Å²) in [5, 5.41) is 1.43. The van der Waals surface area contributed by atoms with E-state index in [1.54, 1.807) is 17.0 Å². The largest absolute Gasteiger partial charge is 0.350 e. The Hall–Kier alpha value is -2.60. The minimum Gasteiger partial charge on any atom is -0.350 e. The van der Waals surface area contributed by atoms with Gasteiger partial charge in [0, 0.05) is 28.0 Å². The zero-order valence-corrected chi connectivity index (χ0v) is 12.9. The molecule has 0 bridgehead atoms. The van der Waals surface area contributed by atoms with Crippen molar-refractivity contribution in [3.05, 3.63) is 62.9 Å². The molecule has 3 aromatic rings. The van der Waals surface area contributed by atoms with Crippen molar-refractivity contribution in [1.82, 2.24) is 19.9 Å². The third kappa shape index (κ3) is 2.31. The van der Waals surface area contributed by atoms with Gasteiger partial charge in [-0.05, 0) is 24.6 Å². The summed E-state index contributed by atoms with van der Waals surface area (Å²) < 4.78 is 0. The topological polar surface area (TPSA) is 81.8 Å². The van der Waals surface area contributed by atoms with E-state index in [-0.39, 0.29) is 11.5 Å². The molecular formula is C16H13ClN4O2. The molecule has 1 aliphatic heterocycles. The molecule has 2 N–H and O–H groups in total. The fourth-order valence-electron chi connectivity index (χ4n) is 2.94. The van der Waals surface area contributed by atoms with Crippen molar-refractivity contribution in [1.29, 1.82) is 0 Å². The summed E-state index contributed by atoms with van der Waals surface area (Å²) in [7, 11) is 0. The molecule has 0 saturated heterocycles. The molecule has 0 saturated carbocycles. The van der Waals surface area contributed by atoms with Crippen molar-refractivity contribution in [2.24, 2.45) is 0 Å². The maximum Gasteiger partial charge on any atom is 0.270 e. The first-order valence-corrected chi connectivity index (χ1v) is 7.63. The molecule has 0 unspecified atom stereocenters. The number of hydrogen-bond donors (Lipinski definition) is 2. The van der Waals surface area contributed by atoms with Gasteiger partial charge in [-0.15, -0.1) is 0 Å². The first kappa shape index (κ1) is 14.0. The second-order valence-corrected chi connectivity index (χ2v) is 5.92. The van der Waals surface area contributed by atoms with Gasteiger partial charge in [0.15, 0.2) is 0 Å². The summed E-state index contributed by atoms with van der Waals surface area (Å²) in [6, 6.07) is 7.27. The Balaban J connectivity index is 1.67. The molecule has 0 radical (unpaired) electrons. The van der Waals surface area contributed by atoms with Crippen LogP contribution >= 0.6 is 11.6 Å². The normalized spacial score (nSPS) is 14.0. The van der Waals surface area contributed by atoms with Gasteiger partial charge in [0.2, 0.25) is 0 Å². The molecule has 4 rings (SSSR count). The highest BCUT2D eigenvalue weighted by molar-refractivity contribution is 6.35. The average molecular weight is 329 g/mol. The Kier molecular flexibility index (Phi) is 3.20. The summed E-state index contributed by atoms with van der Waals surface area (Å²) in [6.07, 6.45) is 1.88. The van der Waals surface area contributed by atoms with Gasteiger partial charge in [0.1, 0.15) is 5.69 Å². The number of aromatic nitrogens is 3. The van der Waals surface area contributed by atoms with Gasteiger partial charge in [-0.2, -0.15) is 0 Å². The summed E-state index contributed by atoms with van der Waals surface area (Å²) in [6.45, 7) is 0.824. The predicted molar refractivity (Wildman–Crippen MR) is 86.6 cm³/mol. The fourth-order valence-corrected chi connectivity index (χ4v) is 3.17. The Morgan fingerprint density at radius 2 is 2.22 bits per heavy atom. The first-order valence-electron chi connectivity index (χ1n) is 7.25. The minimum absolute atomic E-state index is 0.120. The number of amides is 1.